The van der Waals surface area contributed by atoms with Gasteiger partial charge < -0.3 is 24.3 Å². The van der Waals surface area contributed by atoms with Crippen LogP contribution in [0.3, 0.4) is 0 Å². The van der Waals surface area contributed by atoms with Crippen LogP contribution in [0, 0.1) is 5.92 Å². The average molecular weight is 371 g/mol. The molecule has 0 radical (unpaired) electrons. The second kappa shape index (κ2) is 8.53. The molecule has 146 valence electrons. The summed E-state index contributed by atoms with van der Waals surface area (Å²) in [4.78, 5) is 0. The lowest BCUT2D eigenvalue weighted by atomic mass is 9.89. The third-order valence-electron chi connectivity index (χ3n) is 4.81. The van der Waals surface area contributed by atoms with Crippen molar-refractivity contribution in [3.8, 4) is 23.0 Å². The zero-order chi connectivity index (χ0) is 19.4. The van der Waals surface area contributed by atoms with Gasteiger partial charge in [0.1, 0.15) is 0 Å². The maximum Gasteiger partial charge on any atom is 0.164 e. The van der Waals surface area contributed by atoms with Crippen molar-refractivity contribution in [2.75, 3.05) is 34.5 Å². The van der Waals surface area contributed by atoms with E-state index in [9.17, 15) is 0 Å². The Labute approximate surface area is 161 Å². The molecule has 1 aliphatic rings. The van der Waals surface area contributed by atoms with Crippen LogP contribution in [0.2, 0.25) is 0 Å². The lowest BCUT2D eigenvalue weighted by Crippen LogP contribution is -2.31. The quantitative estimate of drug-likeness (QED) is 0.798. The predicted octanol–water partition coefficient (Wildman–Crippen LogP) is 3.98. The van der Waals surface area contributed by atoms with Crippen LogP contribution in [0.4, 0.5) is 0 Å². The first-order valence-electron chi connectivity index (χ1n) is 9.36. The van der Waals surface area contributed by atoms with Crippen molar-refractivity contribution in [1.29, 1.82) is 0 Å². The van der Waals surface area contributed by atoms with Crippen LogP contribution in [0.5, 0.6) is 23.0 Å². The summed E-state index contributed by atoms with van der Waals surface area (Å²) >= 11 is 0. The highest BCUT2D eigenvalue weighted by Gasteiger charge is 2.26. The molecule has 1 N–H and O–H groups in total. The normalized spacial score (nSPS) is 16.0. The molecule has 0 aliphatic carbocycles. The largest absolute Gasteiger partial charge is 0.493 e. The van der Waals surface area contributed by atoms with Crippen molar-refractivity contribution in [3.05, 3.63) is 47.0 Å². The monoisotopic (exact) mass is 371 g/mol. The molecule has 27 heavy (non-hydrogen) atoms. The second-order valence-electron chi connectivity index (χ2n) is 7.12. The van der Waals surface area contributed by atoms with Gasteiger partial charge in [-0.15, -0.1) is 0 Å². The summed E-state index contributed by atoms with van der Waals surface area (Å²) in [6.45, 7) is 5.79. The maximum atomic E-state index is 5.89. The molecule has 5 heteroatoms. The third kappa shape index (κ3) is 3.98. The van der Waals surface area contributed by atoms with E-state index in [1.54, 1.807) is 21.3 Å². The molecule has 0 amide bonds. The number of nitrogens with one attached hydrogen (secondary N) is 1. The minimum absolute atomic E-state index is 0.0709. The van der Waals surface area contributed by atoms with E-state index in [0.29, 0.717) is 12.5 Å². The van der Waals surface area contributed by atoms with Crippen molar-refractivity contribution >= 4 is 0 Å². The smallest absolute Gasteiger partial charge is 0.164 e. The van der Waals surface area contributed by atoms with Crippen molar-refractivity contribution in [2.45, 2.75) is 26.3 Å². The molecule has 2 aromatic carbocycles. The van der Waals surface area contributed by atoms with Gasteiger partial charge in [0.25, 0.3) is 0 Å². The van der Waals surface area contributed by atoms with Crippen molar-refractivity contribution in [2.24, 2.45) is 5.92 Å². The Hall–Kier alpha value is -2.40. The molecular weight excluding hydrogens is 342 g/mol. The van der Waals surface area contributed by atoms with Gasteiger partial charge in [-0.1, -0.05) is 26.0 Å². The first-order valence-corrected chi connectivity index (χ1v) is 9.36. The van der Waals surface area contributed by atoms with E-state index in [0.717, 1.165) is 41.5 Å². The van der Waals surface area contributed by atoms with Crippen LogP contribution in [0.1, 0.15) is 36.6 Å². The van der Waals surface area contributed by atoms with Gasteiger partial charge in [0.15, 0.2) is 23.0 Å². The zero-order valence-corrected chi connectivity index (χ0v) is 16.8. The van der Waals surface area contributed by atoms with Crippen LogP contribution in [0.15, 0.2) is 30.3 Å². The lowest BCUT2D eigenvalue weighted by molar-refractivity contribution is 0.256. The second-order valence-corrected chi connectivity index (χ2v) is 7.12. The molecule has 3 rings (SSSR count). The molecule has 0 saturated heterocycles. The fourth-order valence-electron chi connectivity index (χ4n) is 3.52. The fourth-order valence-corrected chi connectivity index (χ4v) is 3.52. The molecule has 1 atom stereocenters. The summed E-state index contributed by atoms with van der Waals surface area (Å²) in [5.41, 5.74) is 3.54. The topological polar surface area (TPSA) is 49.0 Å². The first kappa shape index (κ1) is 19.4. The van der Waals surface area contributed by atoms with Gasteiger partial charge in [-0.3, -0.25) is 0 Å². The number of rotatable bonds is 7. The Bertz CT molecular complexity index is 788. The van der Waals surface area contributed by atoms with Crippen LogP contribution < -0.4 is 24.3 Å². The van der Waals surface area contributed by atoms with Gasteiger partial charge in [0, 0.05) is 12.1 Å². The fraction of sp³-hybridized carbons (Fsp3) is 0.455. The Morgan fingerprint density at radius 3 is 2.37 bits per heavy atom. The molecule has 5 nitrogen and oxygen atoms in total. The molecule has 2 aromatic rings. The lowest BCUT2D eigenvalue weighted by Gasteiger charge is -2.29. The van der Waals surface area contributed by atoms with Gasteiger partial charge in [-0.25, -0.2) is 0 Å². The van der Waals surface area contributed by atoms with Crippen LogP contribution in [0.25, 0.3) is 0 Å². The average Bonchev–Trinajstić information content (AvgIpc) is 2.70. The highest BCUT2D eigenvalue weighted by atomic mass is 16.5. The van der Waals surface area contributed by atoms with Crippen molar-refractivity contribution in [3.63, 3.8) is 0 Å². The van der Waals surface area contributed by atoms with E-state index in [-0.39, 0.29) is 6.04 Å². The van der Waals surface area contributed by atoms with E-state index in [1.165, 1.54) is 11.1 Å². The molecule has 0 spiro atoms. The highest BCUT2D eigenvalue weighted by Crippen LogP contribution is 2.41. The number of ether oxygens (including phenoxy) is 4. The molecule has 0 aromatic heterocycles. The SMILES string of the molecule is COc1cc(C2NCCc3c2ccc(OC)c3OC)ccc1OCC(C)C. The minimum Gasteiger partial charge on any atom is -0.493 e. The van der Waals surface area contributed by atoms with Crippen molar-refractivity contribution < 1.29 is 18.9 Å². The van der Waals surface area contributed by atoms with Crippen molar-refractivity contribution in [1.82, 2.24) is 5.32 Å². The Kier molecular flexibility index (Phi) is 6.11. The van der Waals surface area contributed by atoms with E-state index in [1.807, 2.05) is 12.1 Å². The summed E-state index contributed by atoms with van der Waals surface area (Å²) < 4.78 is 22.6. The molecule has 1 heterocycles. The van der Waals surface area contributed by atoms with Gasteiger partial charge in [-0.2, -0.15) is 0 Å². The zero-order valence-electron chi connectivity index (χ0n) is 16.8. The van der Waals surface area contributed by atoms with Gasteiger partial charge >= 0.3 is 0 Å². The Balaban J connectivity index is 1.96. The molecule has 0 saturated carbocycles. The molecular formula is C22H29NO4. The number of hydrogen-bond donors (Lipinski definition) is 1. The van der Waals surface area contributed by atoms with Crippen LogP contribution in [-0.4, -0.2) is 34.5 Å². The third-order valence-corrected chi connectivity index (χ3v) is 4.81. The highest BCUT2D eigenvalue weighted by molar-refractivity contribution is 5.55. The Morgan fingerprint density at radius 1 is 0.963 bits per heavy atom. The number of benzene rings is 2. The van der Waals surface area contributed by atoms with Gasteiger partial charge in [0.2, 0.25) is 0 Å². The van der Waals surface area contributed by atoms with E-state index in [2.05, 4.69) is 37.4 Å². The molecule has 1 unspecified atom stereocenters. The molecule has 0 bridgehead atoms. The van der Waals surface area contributed by atoms with E-state index < -0.39 is 0 Å². The molecule has 1 aliphatic heterocycles. The van der Waals surface area contributed by atoms with E-state index in [4.69, 9.17) is 18.9 Å². The standard InChI is InChI=1S/C22H29NO4/c1-14(2)13-27-18-8-6-15(12-20(18)25-4)21-16-7-9-19(24-3)22(26-5)17(16)10-11-23-21/h6-9,12,14,21,23H,10-11,13H2,1-5H3. The summed E-state index contributed by atoms with van der Waals surface area (Å²) in [5.74, 6) is 3.59. The van der Waals surface area contributed by atoms with Crippen LogP contribution in [-0.2, 0) is 6.42 Å². The van der Waals surface area contributed by atoms with Gasteiger partial charge in [0.05, 0.1) is 34.0 Å². The number of hydrogen-bond acceptors (Lipinski definition) is 5. The minimum atomic E-state index is 0.0709. The number of methoxy groups -OCH3 is 3. The summed E-state index contributed by atoms with van der Waals surface area (Å²) in [6.07, 6.45) is 0.902. The number of fused-ring (bicyclic) bond motifs is 1. The summed E-state index contributed by atoms with van der Waals surface area (Å²) in [5, 5.41) is 3.61. The Morgan fingerprint density at radius 2 is 1.70 bits per heavy atom. The van der Waals surface area contributed by atoms with E-state index >= 15 is 0 Å². The van der Waals surface area contributed by atoms with Gasteiger partial charge in [-0.05, 0) is 41.7 Å². The summed E-state index contributed by atoms with van der Waals surface area (Å²) in [6, 6.07) is 10.3. The first-order chi connectivity index (χ1) is 13.1. The van der Waals surface area contributed by atoms with Crippen LogP contribution >= 0.6 is 0 Å². The maximum absolute atomic E-state index is 5.89. The molecule has 0 fully saturated rings. The summed E-state index contributed by atoms with van der Waals surface area (Å²) in [7, 11) is 5.04. The predicted molar refractivity (Wildman–Crippen MR) is 106 cm³/mol.